The molecule has 4 rings (SSSR count). The number of anilines is 1. The minimum absolute atomic E-state index is 0.0964. The van der Waals surface area contributed by atoms with Crippen molar-refractivity contribution in [2.24, 2.45) is 0 Å². The molecule has 2 aliphatic rings. The third kappa shape index (κ3) is 2.37. The maximum Gasteiger partial charge on any atom is 0.322 e. The van der Waals surface area contributed by atoms with Crippen LogP contribution in [0, 0.1) is 0 Å². The maximum atomic E-state index is 10.9. The molecule has 2 aromatic heterocycles. The molecule has 2 N–H and O–H groups in total. The molecule has 0 atom stereocenters. The van der Waals surface area contributed by atoms with Gasteiger partial charge in [-0.2, -0.15) is 0 Å². The van der Waals surface area contributed by atoms with E-state index in [0.717, 1.165) is 47.5 Å². The second-order valence-electron chi connectivity index (χ2n) is 5.84. The van der Waals surface area contributed by atoms with Crippen LogP contribution in [0.1, 0.15) is 47.9 Å². The SMILES string of the molecule is O=C(O)CNc1nc(C2CC2)nc2sc3c(c12)CCCC3. The average Bonchev–Trinajstić information content (AvgIpc) is 3.25. The van der Waals surface area contributed by atoms with Crippen LogP contribution in [0.3, 0.4) is 0 Å². The molecule has 1 fully saturated rings. The topological polar surface area (TPSA) is 75.1 Å². The molecule has 0 bridgehead atoms. The fourth-order valence-electron chi connectivity index (χ4n) is 2.99. The zero-order chi connectivity index (χ0) is 14.4. The van der Waals surface area contributed by atoms with Crippen LogP contribution < -0.4 is 5.32 Å². The second-order valence-corrected chi connectivity index (χ2v) is 6.93. The Morgan fingerprint density at radius 1 is 1.29 bits per heavy atom. The summed E-state index contributed by atoms with van der Waals surface area (Å²) in [5, 5.41) is 13.0. The van der Waals surface area contributed by atoms with Crippen LogP contribution in [0.5, 0.6) is 0 Å². The van der Waals surface area contributed by atoms with Crippen LogP contribution in [0.4, 0.5) is 5.82 Å². The van der Waals surface area contributed by atoms with Crippen molar-refractivity contribution < 1.29 is 9.90 Å². The Kier molecular flexibility index (Phi) is 3.06. The minimum atomic E-state index is -0.862. The van der Waals surface area contributed by atoms with Gasteiger partial charge in [0.05, 0.1) is 5.39 Å². The van der Waals surface area contributed by atoms with Gasteiger partial charge in [-0.15, -0.1) is 11.3 Å². The van der Waals surface area contributed by atoms with E-state index in [9.17, 15) is 4.79 Å². The summed E-state index contributed by atoms with van der Waals surface area (Å²) in [5.41, 5.74) is 1.34. The van der Waals surface area contributed by atoms with Crippen LogP contribution in [0.25, 0.3) is 10.2 Å². The second kappa shape index (κ2) is 4.94. The smallest absolute Gasteiger partial charge is 0.322 e. The highest BCUT2D eigenvalue weighted by atomic mass is 32.1. The van der Waals surface area contributed by atoms with Gasteiger partial charge in [-0.1, -0.05) is 0 Å². The predicted octanol–water partition coefficient (Wildman–Crippen LogP) is 2.94. The molecule has 110 valence electrons. The third-order valence-electron chi connectivity index (χ3n) is 4.18. The highest BCUT2D eigenvalue weighted by Gasteiger charge is 2.29. The lowest BCUT2D eigenvalue weighted by atomic mass is 9.97. The number of carbonyl (C=O) groups is 1. The summed E-state index contributed by atoms with van der Waals surface area (Å²) in [7, 11) is 0. The number of rotatable bonds is 4. The van der Waals surface area contributed by atoms with Crippen molar-refractivity contribution in [3.63, 3.8) is 0 Å². The Morgan fingerprint density at radius 2 is 2.10 bits per heavy atom. The lowest BCUT2D eigenvalue weighted by Crippen LogP contribution is -2.14. The predicted molar refractivity (Wildman–Crippen MR) is 82.2 cm³/mol. The van der Waals surface area contributed by atoms with Gasteiger partial charge in [0.2, 0.25) is 0 Å². The Bertz CT molecular complexity index is 721. The van der Waals surface area contributed by atoms with Crippen molar-refractivity contribution in [3.05, 3.63) is 16.3 Å². The summed E-state index contributed by atoms with van der Waals surface area (Å²) in [5.74, 6) is 1.22. The molecule has 0 amide bonds. The number of nitrogens with zero attached hydrogens (tertiary/aromatic N) is 2. The molecule has 5 nitrogen and oxygen atoms in total. The molecule has 2 heterocycles. The summed E-state index contributed by atoms with van der Waals surface area (Å²) in [6, 6.07) is 0. The van der Waals surface area contributed by atoms with E-state index in [1.165, 1.54) is 23.3 Å². The van der Waals surface area contributed by atoms with Gasteiger partial charge >= 0.3 is 5.97 Å². The molecular weight excluding hydrogens is 286 g/mol. The Labute approximate surface area is 126 Å². The van der Waals surface area contributed by atoms with Gasteiger partial charge < -0.3 is 10.4 Å². The van der Waals surface area contributed by atoms with Gasteiger partial charge in [-0.3, -0.25) is 4.79 Å². The maximum absolute atomic E-state index is 10.9. The number of thiophene rings is 1. The molecule has 6 heteroatoms. The van der Waals surface area contributed by atoms with E-state index in [-0.39, 0.29) is 6.54 Å². The summed E-state index contributed by atoms with van der Waals surface area (Å²) >= 11 is 1.77. The molecule has 0 unspecified atom stereocenters. The largest absolute Gasteiger partial charge is 0.480 e. The molecule has 0 aromatic carbocycles. The molecule has 0 saturated heterocycles. The van der Waals surface area contributed by atoms with Crippen LogP contribution in [-0.2, 0) is 17.6 Å². The first kappa shape index (κ1) is 13.0. The summed E-state index contributed by atoms with van der Waals surface area (Å²) in [6.07, 6.45) is 6.91. The standard InChI is InChI=1S/C15H17N3O2S/c19-11(20)7-16-14-12-9-3-1-2-4-10(9)21-15(12)18-13(17-14)8-5-6-8/h8H,1-7H2,(H,19,20)(H,16,17,18). The lowest BCUT2D eigenvalue weighted by molar-refractivity contribution is -0.134. The van der Waals surface area contributed by atoms with Gasteiger partial charge in [-0.25, -0.2) is 9.97 Å². The number of nitrogens with one attached hydrogen (secondary N) is 1. The van der Waals surface area contributed by atoms with Crippen LogP contribution in [-0.4, -0.2) is 27.6 Å². The number of hydrogen-bond acceptors (Lipinski definition) is 5. The van der Waals surface area contributed by atoms with Crippen molar-refractivity contribution in [2.45, 2.75) is 44.4 Å². The number of carboxylic acid groups (broad SMARTS) is 1. The van der Waals surface area contributed by atoms with E-state index in [0.29, 0.717) is 5.92 Å². The molecule has 1 saturated carbocycles. The van der Waals surface area contributed by atoms with Crippen LogP contribution >= 0.6 is 11.3 Å². The van der Waals surface area contributed by atoms with Crippen molar-refractivity contribution in [1.82, 2.24) is 9.97 Å². The normalized spacial score (nSPS) is 17.7. The average molecular weight is 303 g/mol. The number of hydrogen-bond donors (Lipinski definition) is 2. The number of aliphatic carboxylic acids is 1. The van der Waals surface area contributed by atoms with E-state index in [4.69, 9.17) is 10.1 Å². The van der Waals surface area contributed by atoms with Gasteiger partial charge in [0.15, 0.2) is 0 Å². The van der Waals surface area contributed by atoms with Crippen molar-refractivity contribution >= 4 is 33.3 Å². The fraction of sp³-hybridized carbons (Fsp3) is 0.533. The first-order chi connectivity index (χ1) is 10.2. The van der Waals surface area contributed by atoms with E-state index < -0.39 is 5.97 Å². The number of aryl methyl sites for hydroxylation is 2. The summed E-state index contributed by atoms with van der Waals surface area (Å²) in [6.45, 7) is -0.0964. The quantitative estimate of drug-likeness (QED) is 0.908. The van der Waals surface area contributed by atoms with E-state index in [2.05, 4.69) is 10.3 Å². The van der Waals surface area contributed by atoms with Crippen LogP contribution in [0.2, 0.25) is 0 Å². The molecule has 0 aliphatic heterocycles. The Hall–Kier alpha value is -1.69. The summed E-state index contributed by atoms with van der Waals surface area (Å²) in [4.78, 5) is 22.7. The molecule has 21 heavy (non-hydrogen) atoms. The Balaban J connectivity index is 1.85. The molecule has 0 spiro atoms. The van der Waals surface area contributed by atoms with Crippen molar-refractivity contribution in [3.8, 4) is 0 Å². The highest BCUT2D eigenvalue weighted by Crippen LogP contribution is 2.43. The van der Waals surface area contributed by atoms with Crippen molar-refractivity contribution in [1.29, 1.82) is 0 Å². The zero-order valence-electron chi connectivity index (χ0n) is 11.7. The van der Waals surface area contributed by atoms with Gasteiger partial charge in [-0.05, 0) is 44.1 Å². The number of aromatic nitrogens is 2. The monoisotopic (exact) mass is 303 g/mol. The van der Waals surface area contributed by atoms with Crippen LogP contribution in [0.15, 0.2) is 0 Å². The van der Waals surface area contributed by atoms with E-state index in [1.807, 2.05) is 0 Å². The van der Waals surface area contributed by atoms with E-state index in [1.54, 1.807) is 11.3 Å². The molecule has 2 aliphatic carbocycles. The Morgan fingerprint density at radius 3 is 2.86 bits per heavy atom. The first-order valence-corrected chi connectivity index (χ1v) is 8.32. The van der Waals surface area contributed by atoms with Gasteiger partial charge in [0, 0.05) is 10.8 Å². The number of fused-ring (bicyclic) bond motifs is 3. The lowest BCUT2D eigenvalue weighted by Gasteiger charge is -2.12. The van der Waals surface area contributed by atoms with Gasteiger partial charge in [0.25, 0.3) is 0 Å². The van der Waals surface area contributed by atoms with Gasteiger partial charge in [0.1, 0.15) is 23.0 Å². The third-order valence-corrected chi connectivity index (χ3v) is 5.37. The van der Waals surface area contributed by atoms with Crippen molar-refractivity contribution in [2.75, 3.05) is 11.9 Å². The first-order valence-electron chi connectivity index (χ1n) is 7.50. The summed E-state index contributed by atoms with van der Waals surface area (Å²) < 4.78 is 0. The highest BCUT2D eigenvalue weighted by molar-refractivity contribution is 7.19. The number of carboxylic acids is 1. The molecular formula is C15H17N3O2S. The minimum Gasteiger partial charge on any atom is -0.480 e. The molecule has 2 aromatic rings. The fourth-order valence-corrected chi connectivity index (χ4v) is 4.25. The van der Waals surface area contributed by atoms with E-state index >= 15 is 0 Å². The zero-order valence-corrected chi connectivity index (χ0v) is 12.5. The molecule has 0 radical (unpaired) electrons.